The van der Waals surface area contributed by atoms with Gasteiger partial charge < -0.3 is 4.74 Å². The van der Waals surface area contributed by atoms with Gasteiger partial charge in [-0.25, -0.2) is 4.79 Å². The number of alkyl halides is 1. The number of rotatable bonds is 4. The quantitative estimate of drug-likeness (QED) is 0.447. The summed E-state index contributed by atoms with van der Waals surface area (Å²) in [5, 5.41) is 0. The van der Waals surface area contributed by atoms with E-state index >= 15 is 0 Å². The summed E-state index contributed by atoms with van der Waals surface area (Å²) in [5.74, 6) is 0.0906. The Balaban J connectivity index is 2.88. The first kappa shape index (κ1) is 11.8. The van der Waals surface area contributed by atoms with Gasteiger partial charge >= 0.3 is 5.97 Å². The zero-order valence-electron chi connectivity index (χ0n) is 8.57. The zero-order chi connectivity index (χ0) is 11.1. The summed E-state index contributed by atoms with van der Waals surface area (Å²) in [6, 6.07) is 9.62. The summed E-state index contributed by atoms with van der Waals surface area (Å²) >= 11 is 5.61. The van der Waals surface area contributed by atoms with Crippen LogP contribution in [-0.4, -0.2) is 19.0 Å². The number of hydrogen-bond donors (Lipinski definition) is 0. The second kappa shape index (κ2) is 6.25. The molecule has 0 unspecified atom stereocenters. The van der Waals surface area contributed by atoms with Gasteiger partial charge in [-0.3, -0.25) is 0 Å². The van der Waals surface area contributed by atoms with Gasteiger partial charge in [0.15, 0.2) is 0 Å². The fraction of sp³-hybridized carbons (Fsp3) is 0.250. The van der Waals surface area contributed by atoms with Crippen LogP contribution in [0.4, 0.5) is 0 Å². The van der Waals surface area contributed by atoms with E-state index < -0.39 is 0 Å². The highest BCUT2D eigenvalue weighted by Crippen LogP contribution is 2.11. The van der Waals surface area contributed by atoms with Gasteiger partial charge in [0.25, 0.3) is 0 Å². The number of methoxy groups -OCH3 is 1. The van der Waals surface area contributed by atoms with Gasteiger partial charge in [0.2, 0.25) is 0 Å². The van der Waals surface area contributed by atoms with Crippen molar-refractivity contribution in [2.45, 2.75) is 6.42 Å². The van der Waals surface area contributed by atoms with Gasteiger partial charge in [-0.1, -0.05) is 30.3 Å². The van der Waals surface area contributed by atoms with Crippen molar-refractivity contribution in [1.29, 1.82) is 0 Å². The first-order valence-electron chi connectivity index (χ1n) is 4.68. The number of carbonyl (C=O) groups excluding carboxylic acids is 1. The zero-order valence-corrected chi connectivity index (χ0v) is 9.33. The second-order valence-electron chi connectivity index (χ2n) is 3.01. The number of carbonyl (C=O) groups is 1. The Bertz CT molecular complexity index is 344. The van der Waals surface area contributed by atoms with Crippen LogP contribution >= 0.6 is 11.6 Å². The maximum atomic E-state index is 11.4. The van der Waals surface area contributed by atoms with Crippen LogP contribution in [0.15, 0.2) is 35.9 Å². The van der Waals surface area contributed by atoms with Crippen LogP contribution in [0, 0.1) is 0 Å². The molecule has 3 heteroatoms. The van der Waals surface area contributed by atoms with E-state index in [0.717, 1.165) is 5.56 Å². The third-order valence-electron chi connectivity index (χ3n) is 1.95. The largest absolute Gasteiger partial charge is 0.466 e. The number of ether oxygens (including phenoxy) is 1. The molecule has 2 nitrogen and oxygen atoms in total. The summed E-state index contributed by atoms with van der Waals surface area (Å²) < 4.78 is 4.67. The molecule has 0 N–H and O–H groups in total. The summed E-state index contributed by atoms with van der Waals surface area (Å²) in [4.78, 5) is 11.4. The lowest BCUT2D eigenvalue weighted by molar-refractivity contribution is -0.136. The van der Waals surface area contributed by atoms with Gasteiger partial charge in [0, 0.05) is 11.5 Å². The number of esters is 1. The lowest BCUT2D eigenvalue weighted by Crippen LogP contribution is -2.05. The molecule has 0 saturated heterocycles. The van der Waals surface area contributed by atoms with Crippen molar-refractivity contribution in [2.75, 3.05) is 13.0 Å². The van der Waals surface area contributed by atoms with Crippen molar-refractivity contribution in [3.05, 3.63) is 41.5 Å². The number of benzene rings is 1. The van der Waals surface area contributed by atoms with Crippen LogP contribution in [0.3, 0.4) is 0 Å². The van der Waals surface area contributed by atoms with Crippen LogP contribution < -0.4 is 0 Å². The molecule has 0 aliphatic rings. The van der Waals surface area contributed by atoms with E-state index in [4.69, 9.17) is 11.6 Å². The molecule has 0 saturated carbocycles. The first-order valence-corrected chi connectivity index (χ1v) is 5.21. The molecule has 0 spiro atoms. The van der Waals surface area contributed by atoms with Gasteiger partial charge in [-0.2, -0.15) is 0 Å². The molecule has 0 aliphatic carbocycles. The summed E-state index contributed by atoms with van der Waals surface area (Å²) in [6.45, 7) is 0. The highest BCUT2D eigenvalue weighted by Gasteiger charge is 2.08. The highest BCUT2D eigenvalue weighted by atomic mass is 35.5. The van der Waals surface area contributed by atoms with Crippen LogP contribution in [0.25, 0.3) is 6.08 Å². The minimum atomic E-state index is -0.320. The SMILES string of the molecule is COC(=O)/C(=C/c1ccccc1)CCCl. The molecule has 0 amide bonds. The Kier molecular flexibility index (Phi) is 4.91. The van der Waals surface area contributed by atoms with Gasteiger partial charge in [-0.15, -0.1) is 11.6 Å². The van der Waals surface area contributed by atoms with Crippen molar-refractivity contribution in [1.82, 2.24) is 0 Å². The number of halogens is 1. The van der Waals surface area contributed by atoms with Gasteiger partial charge in [0.1, 0.15) is 0 Å². The molecule has 80 valence electrons. The fourth-order valence-corrected chi connectivity index (χ4v) is 1.42. The topological polar surface area (TPSA) is 26.3 Å². The van der Waals surface area contributed by atoms with Crippen molar-refractivity contribution < 1.29 is 9.53 Å². The van der Waals surface area contributed by atoms with Crippen LogP contribution in [0.1, 0.15) is 12.0 Å². The first-order chi connectivity index (χ1) is 7.27. The summed E-state index contributed by atoms with van der Waals surface area (Å²) in [7, 11) is 1.37. The normalized spacial score (nSPS) is 11.2. The smallest absolute Gasteiger partial charge is 0.333 e. The number of hydrogen-bond acceptors (Lipinski definition) is 2. The van der Waals surface area contributed by atoms with E-state index in [2.05, 4.69) is 4.74 Å². The van der Waals surface area contributed by atoms with E-state index in [1.807, 2.05) is 30.3 Å². The van der Waals surface area contributed by atoms with Crippen LogP contribution in [-0.2, 0) is 9.53 Å². The average molecular weight is 225 g/mol. The minimum Gasteiger partial charge on any atom is -0.466 e. The molecule has 1 rings (SSSR count). The lowest BCUT2D eigenvalue weighted by atomic mass is 10.1. The van der Waals surface area contributed by atoms with Crippen molar-refractivity contribution in [3.63, 3.8) is 0 Å². The third kappa shape index (κ3) is 3.76. The summed E-state index contributed by atoms with van der Waals surface area (Å²) in [6.07, 6.45) is 2.32. The van der Waals surface area contributed by atoms with Gasteiger partial charge in [0.05, 0.1) is 7.11 Å². The Morgan fingerprint density at radius 3 is 2.60 bits per heavy atom. The molecule has 1 aromatic carbocycles. The maximum Gasteiger partial charge on any atom is 0.333 e. The lowest BCUT2D eigenvalue weighted by Gasteiger charge is -2.03. The highest BCUT2D eigenvalue weighted by molar-refractivity contribution is 6.18. The maximum absolute atomic E-state index is 11.4. The van der Waals surface area contributed by atoms with E-state index in [1.54, 1.807) is 6.08 Å². The van der Waals surface area contributed by atoms with E-state index in [1.165, 1.54) is 7.11 Å². The molecule has 0 bridgehead atoms. The predicted molar refractivity (Wildman–Crippen MR) is 61.8 cm³/mol. The molecule has 0 aliphatic heterocycles. The van der Waals surface area contributed by atoms with E-state index in [9.17, 15) is 4.79 Å². The molecular formula is C12H13ClO2. The molecular weight excluding hydrogens is 212 g/mol. The molecule has 15 heavy (non-hydrogen) atoms. The van der Waals surface area contributed by atoms with E-state index in [-0.39, 0.29) is 5.97 Å². The van der Waals surface area contributed by atoms with Crippen molar-refractivity contribution in [3.8, 4) is 0 Å². The average Bonchev–Trinajstić information content (AvgIpc) is 2.29. The summed E-state index contributed by atoms with van der Waals surface area (Å²) in [5.41, 5.74) is 1.57. The Morgan fingerprint density at radius 2 is 2.07 bits per heavy atom. The predicted octanol–water partition coefficient (Wildman–Crippen LogP) is 2.87. The van der Waals surface area contributed by atoms with Crippen molar-refractivity contribution >= 4 is 23.6 Å². The molecule has 0 fully saturated rings. The van der Waals surface area contributed by atoms with Crippen molar-refractivity contribution in [2.24, 2.45) is 0 Å². The molecule has 0 heterocycles. The molecule has 0 atom stereocenters. The van der Waals surface area contributed by atoms with E-state index in [0.29, 0.717) is 17.9 Å². The Morgan fingerprint density at radius 1 is 1.40 bits per heavy atom. The van der Waals surface area contributed by atoms with Crippen LogP contribution in [0.2, 0.25) is 0 Å². The molecule has 0 aromatic heterocycles. The third-order valence-corrected chi connectivity index (χ3v) is 2.14. The molecule has 0 radical (unpaired) electrons. The standard InChI is InChI=1S/C12H13ClO2/c1-15-12(14)11(7-8-13)9-10-5-3-2-4-6-10/h2-6,9H,7-8H2,1H3/b11-9+. The second-order valence-corrected chi connectivity index (χ2v) is 3.39. The van der Waals surface area contributed by atoms with Crippen LogP contribution in [0.5, 0.6) is 0 Å². The monoisotopic (exact) mass is 224 g/mol. The minimum absolute atomic E-state index is 0.320. The molecule has 1 aromatic rings. The fourth-order valence-electron chi connectivity index (χ4n) is 1.22. The Hall–Kier alpha value is -1.28. The van der Waals surface area contributed by atoms with Gasteiger partial charge in [-0.05, 0) is 18.1 Å². The Labute approximate surface area is 94.5 Å².